The van der Waals surface area contributed by atoms with Crippen LogP contribution in [0.4, 0.5) is 0 Å². The van der Waals surface area contributed by atoms with E-state index in [0.29, 0.717) is 44.8 Å². The molecule has 6 heteroatoms. The number of carbonyl (C=O) groups is 2. The molecule has 1 unspecified atom stereocenters. The van der Waals surface area contributed by atoms with Crippen molar-refractivity contribution in [3.05, 3.63) is 24.3 Å². The van der Waals surface area contributed by atoms with E-state index in [-0.39, 0.29) is 29.3 Å². The molecule has 142 valence electrons. The molecule has 2 aliphatic heterocycles. The largest absolute Gasteiger partial charge is 0.486 e. The predicted molar refractivity (Wildman–Crippen MR) is 98.1 cm³/mol. The number of nitrogens with one attached hydrogen (secondary N) is 1. The lowest BCUT2D eigenvalue weighted by molar-refractivity contribution is -0.142. The first-order valence-corrected chi connectivity index (χ1v) is 9.30. The highest BCUT2D eigenvalue weighted by atomic mass is 16.6. The van der Waals surface area contributed by atoms with Gasteiger partial charge in [-0.25, -0.2) is 0 Å². The van der Waals surface area contributed by atoms with Gasteiger partial charge in [-0.3, -0.25) is 9.59 Å². The second-order valence-corrected chi connectivity index (χ2v) is 8.06. The fourth-order valence-corrected chi connectivity index (χ4v) is 3.34. The van der Waals surface area contributed by atoms with Gasteiger partial charge >= 0.3 is 0 Å². The maximum Gasteiger partial charge on any atom is 0.227 e. The molecule has 1 aromatic rings. The van der Waals surface area contributed by atoms with Crippen molar-refractivity contribution in [2.24, 2.45) is 11.3 Å². The molecule has 3 rings (SSSR count). The van der Waals surface area contributed by atoms with E-state index in [1.165, 1.54) is 0 Å². The summed E-state index contributed by atoms with van der Waals surface area (Å²) in [5, 5.41) is 2.98. The van der Waals surface area contributed by atoms with E-state index in [2.05, 4.69) is 5.32 Å². The number of piperidine rings is 1. The Kier molecular flexibility index (Phi) is 5.39. The number of ether oxygens (including phenoxy) is 2. The van der Waals surface area contributed by atoms with Crippen LogP contribution in [0, 0.1) is 11.3 Å². The monoisotopic (exact) mass is 360 g/mol. The first-order valence-electron chi connectivity index (χ1n) is 9.30. The van der Waals surface area contributed by atoms with Crippen LogP contribution in [0.3, 0.4) is 0 Å². The number of rotatable bonds is 3. The summed E-state index contributed by atoms with van der Waals surface area (Å²) in [5.74, 6) is 1.60. The van der Waals surface area contributed by atoms with E-state index >= 15 is 0 Å². The highest BCUT2D eigenvalue weighted by molar-refractivity contribution is 5.82. The number of carbonyl (C=O) groups excluding carboxylic acids is 2. The summed E-state index contributed by atoms with van der Waals surface area (Å²) in [6, 6.07) is 7.54. The zero-order valence-electron chi connectivity index (χ0n) is 15.8. The van der Waals surface area contributed by atoms with Crippen molar-refractivity contribution in [3.63, 3.8) is 0 Å². The summed E-state index contributed by atoms with van der Waals surface area (Å²) in [4.78, 5) is 26.6. The Labute approximate surface area is 154 Å². The smallest absolute Gasteiger partial charge is 0.227 e. The quantitative estimate of drug-likeness (QED) is 0.898. The van der Waals surface area contributed by atoms with Crippen LogP contribution in [0.5, 0.6) is 11.5 Å². The molecule has 1 atom stereocenters. The Balaban J connectivity index is 1.43. The van der Waals surface area contributed by atoms with Crippen molar-refractivity contribution < 1.29 is 19.1 Å². The molecule has 0 aromatic heterocycles. The summed E-state index contributed by atoms with van der Waals surface area (Å²) in [5.41, 5.74) is -0.371. The number of likely N-dealkylation sites (tertiary alicyclic amines) is 1. The SMILES string of the molecule is CC(C)(C)C(=O)N1CCC(C(=O)NCC2COc3ccccc3O2)CC1. The van der Waals surface area contributed by atoms with E-state index in [9.17, 15) is 9.59 Å². The molecule has 2 aliphatic rings. The topological polar surface area (TPSA) is 67.9 Å². The van der Waals surface area contributed by atoms with Crippen LogP contribution < -0.4 is 14.8 Å². The predicted octanol–water partition coefficient (Wildman–Crippen LogP) is 2.23. The van der Waals surface area contributed by atoms with E-state index in [4.69, 9.17) is 9.47 Å². The van der Waals surface area contributed by atoms with Gasteiger partial charge in [-0.15, -0.1) is 0 Å². The second kappa shape index (κ2) is 7.56. The van der Waals surface area contributed by atoms with Gasteiger partial charge in [0.15, 0.2) is 11.5 Å². The fraction of sp³-hybridized carbons (Fsp3) is 0.600. The molecule has 0 saturated carbocycles. The zero-order valence-corrected chi connectivity index (χ0v) is 15.8. The Morgan fingerprint density at radius 2 is 1.81 bits per heavy atom. The Morgan fingerprint density at radius 1 is 1.15 bits per heavy atom. The van der Waals surface area contributed by atoms with Gasteiger partial charge in [0.05, 0.1) is 6.54 Å². The standard InChI is InChI=1S/C20H28N2O4/c1-20(2,3)19(24)22-10-8-14(9-11-22)18(23)21-12-15-13-25-16-6-4-5-7-17(16)26-15/h4-7,14-15H,8-13H2,1-3H3,(H,21,23). The van der Waals surface area contributed by atoms with Gasteiger partial charge in [0, 0.05) is 24.4 Å². The van der Waals surface area contributed by atoms with Gasteiger partial charge in [-0.2, -0.15) is 0 Å². The minimum Gasteiger partial charge on any atom is -0.486 e. The van der Waals surface area contributed by atoms with Crippen LogP contribution in [0.15, 0.2) is 24.3 Å². The molecule has 0 spiro atoms. The van der Waals surface area contributed by atoms with Gasteiger partial charge in [0.1, 0.15) is 12.7 Å². The average molecular weight is 360 g/mol. The first-order chi connectivity index (χ1) is 12.3. The normalized spacial score (nSPS) is 20.6. The van der Waals surface area contributed by atoms with Gasteiger partial charge in [-0.05, 0) is 25.0 Å². The molecule has 0 aliphatic carbocycles. The van der Waals surface area contributed by atoms with Gasteiger partial charge < -0.3 is 19.7 Å². The molecule has 2 heterocycles. The molecular weight excluding hydrogens is 332 g/mol. The Bertz CT molecular complexity index is 660. The summed E-state index contributed by atoms with van der Waals surface area (Å²) in [6.45, 7) is 7.93. The summed E-state index contributed by atoms with van der Waals surface area (Å²) >= 11 is 0. The van der Waals surface area contributed by atoms with Crippen LogP contribution >= 0.6 is 0 Å². The summed E-state index contributed by atoms with van der Waals surface area (Å²) < 4.78 is 11.5. The van der Waals surface area contributed by atoms with Crippen LogP contribution in [-0.2, 0) is 9.59 Å². The van der Waals surface area contributed by atoms with Crippen LogP contribution in [0.2, 0.25) is 0 Å². The van der Waals surface area contributed by atoms with Crippen molar-refractivity contribution in [2.45, 2.75) is 39.7 Å². The summed E-state index contributed by atoms with van der Waals surface area (Å²) in [7, 11) is 0. The van der Waals surface area contributed by atoms with E-state index in [1.54, 1.807) is 0 Å². The third-order valence-electron chi connectivity index (χ3n) is 4.87. The van der Waals surface area contributed by atoms with Crippen LogP contribution in [0.25, 0.3) is 0 Å². The molecule has 0 radical (unpaired) electrons. The molecule has 6 nitrogen and oxygen atoms in total. The lowest BCUT2D eigenvalue weighted by Gasteiger charge is -2.35. The third kappa shape index (κ3) is 4.29. The van der Waals surface area contributed by atoms with Crippen LogP contribution in [-0.4, -0.2) is 49.1 Å². The van der Waals surface area contributed by atoms with E-state index < -0.39 is 0 Å². The maximum absolute atomic E-state index is 12.4. The number of hydrogen-bond acceptors (Lipinski definition) is 4. The number of benzene rings is 1. The van der Waals surface area contributed by atoms with Crippen molar-refractivity contribution in [2.75, 3.05) is 26.2 Å². The lowest BCUT2D eigenvalue weighted by Crippen LogP contribution is -2.48. The van der Waals surface area contributed by atoms with Crippen molar-refractivity contribution >= 4 is 11.8 Å². The van der Waals surface area contributed by atoms with Crippen molar-refractivity contribution in [1.29, 1.82) is 0 Å². The first kappa shape index (κ1) is 18.5. The maximum atomic E-state index is 12.4. The Morgan fingerprint density at radius 3 is 2.46 bits per heavy atom. The molecule has 26 heavy (non-hydrogen) atoms. The molecule has 1 saturated heterocycles. The number of nitrogens with zero attached hydrogens (tertiary/aromatic N) is 1. The molecular formula is C20H28N2O4. The zero-order chi connectivity index (χ0) is 18.7. The van der Waals surface area contributed by atoms with E-state index in [1.807, 2.05) is 49.9 Å². The molecule has 2 amide bonds. The molecule has 1 aromatic carbocycles. The third-order valence-corrected chi connectivity index (χ3v) is 4.87. The van der Waals surface area contributed by atoms with E-state index in [0.717, 1.165) is 5.75 Å². The van der Waals surface area contributed by atoms with Gasteiger partial charge in [0.25, 0.3) is 0 Å². The highest BCUT2D eigenvalue weighted by Crippen LogP contribution is 2.30. The molecule has 1 fully saturated rings. The molecule has 1 N–H and O–H groups in total. The Hall–Kier alpha value is -2.24. The van der Waals surface area contributed by atoms with Crippen molar-refractivity contribution in [3.8, 4) is 11.5 Å². The lowest BCUT2D eigenvalue weighted by atomic mass is 9.90. The minimum absolute atomic E-state index is 0.0373. The average Bonchev–Trinajstić information content (AvgIpc) is 2.64. The second-order valence-electron chi connectivity index (χ2n) is 8.06. The number of para-hydroxylation sites is 2. The highest BCUT2D eigenvalue weighted by Gasteiger charge is 2.32. The fourth-order valence-electron chi connectivity index (χ4n) is 3.34. The van der Waals surface area contributed by atoms with Crippen LogP contribution in [0.1, 0.15) is 33.6 Å². The van der Waals surface area contributed by atoms with Gasteiger partial charge in [0.2, 0.25) is 11.8 Å². The number of fused-ring (bicyclic) bond motifs is 1. The minimum atomic E-state index is -0.371. The molecule has 0 bridgehead atoms. The van der Waals surface area contributed by atoms with Crippen molar-refractivity contribution in [1.82, 2.24) is 10.2 Å². The van der Waals surface area contributed by atoms with Gasteiger partial charge in [-0.1, -0.05) is 32.9 Å². The number of hydrogen-bond donors (Lipinski definition) is 1. The number of amides is 2. The summed E-state index contributed by atoms with van der Waals surface area (Å²) in [6.07, 6.45) is 1.23.